The number of benzene rings is 4. The van der Waals surface area contributed by atoms with Crippen LogP contribution in [0.15, 0.2) is 108 Å². The lowest BCUT2D eigenvalue weighted by Gasteiger charge is -2.35. The summed E-state index contributed by atoms with van der Waals surface area (Å²) >= 11 is 0. The van der Waals surface area contributed by atoms with Crippen LogP contribution in [0.5, 0.6) is 11.5 Å². The summed E-state index contributed by atoms with van der Waals surface area (Å²) < 4.78 is 40.5. The van der Waals surface area contributed by atoms with Crippen molar-refractivity contribution in [3.63, 3.8) is 0 Å². The normalized spacial score (nSPS) is 12.1. The minimum absolute atomic E-state index is 0.0792. The first-order chi connectivity index (χ1) is 22.3. The van der Waals surface area contributed by atoms with Gasteiger partial charge in [0.1, 0.15) is 12.6 Å². The maximum absolute atomic E-state index is 14.6. The first kappa shape index (κ1) is 35.0. The molecule has 0 aliphatic carbocycles. The minimum Gasteiger partial charge on any atom is -0.493 e. The van der Waals surface area contributed by atoms with Gasteiger partial charge < -0.3 is 19.7 Å². The number of rotatable bonds is 13. The molecule has 0 spiro atoms. The third-order valence-electron chi connectivity index (χ3n) is 7.51. The molecule has 4 rings (SSSR count). The second-order valence-corrected chi connectivity index (χ2v) is 14.2. The summed E-state index contributed by atoms with van der Waals surface area (Å²) in [6.07, 6.45) is 0.230. The number of aryl methyl sites for hydroxylation is 1. The molecule has 0 saturated heterocycles. The van der Waals surface area contributed by atoms with Gasteiger partial charge in [-0.15, -0.1) is 0 Å². The van der Waals surface area contributed by atoms with E-state index in [0.717, 1.165) is 21.0 Å². The molecule has 4 aromatic rings. The Hall–Kier alpha value is -4.83. The number of hydrogen-bond acceptors (Lipinski definition) is 6. The zero-order chi connectivity index (χ0) is 34.2. The second-order valence-electron chi connectivity index (χ2n) is 12.3. The Balaban J connectivity index is 1.82. The number of amides is 2. The van der Waals surface area contributed by atoms with Crippen molar-refractivity contribution in [3.8, 4) is 11.5 Å². The molecule has 0 bridgehead atoms. The second kappa shape index (κ2) is 15.2. The van der Waals surface area contributed by atoms with E-state index in [-0.39, 0.29) is 29.5 Å². The Morgan fingerprint density at radius 1 is 0.787 bits per heavy atom. The lowest BCUT2D eigenvalue weighted by Crippen LogP contribution is -2.56. The smallest absolute Gasteiger partial charge is 0.264 e. The van der Waals surface area contributed by atoms with Gasteiger partial charge >= 0.3 is 0 Å². The molecular weight excluding hydrogens is 614 g/mol. The van der Waals surface area contributed by atoms with Crippen LogP contribution in [-0.4, -0.2) is 57.5 Å². The summed E-state index contributed by atoms with van der Waals surface area (Å²) in [6, 6.07) is 29.1. The molecule has 0 unspecified atom stereocenters. The molecule has 9 nitrogen and oxygen atoms in total. The predicted molar refractivity (Wildman–Crippen MR) is 184 cm³/mol. The van der Waals surface area contributed by atoms with E-state index >= 15 is 0 Å². The highest BCUT2D eigenvalue weighted by atomic mass is 32.2. The number of hydrogen-bond donors (Lipinski definition) is 1. The van der Waals surface area contributed by atoms with Crippen LogP contribution in [-0.2, 0) is 32.6 Å². The molecule has 0 saturated carbocycles. The Morgan fingerprint density at radius 2 is 1.36 bits per heavy atom. The van der Waals surface area contributed by atoms with Crippen molar-refractivity contribution >= 4 is 27.5 Å². The SMILES string of the molecule is COc1ccc(S(=O)(=O)N(CC(=O)N(Cc2ccccc2)[C@H](Cc2ccccc2)C(=O)NC(C)(C)C)c2ccc(C)cc2)cc1OC. The quantitative estimate of drug-likeness (QED) is 0.196. The molecule has 0 fully saturated rings. The number of nitrogens with one attached hydrogen (secondary N) is 1. The van der Waals surface area contributed by atoms with Crippen molar-refractivity contribution in [1.82, 2.24) is 10.2 Å². The monoisotopic (exact) mass is 657 g/mol. The topological polar surface area (TPSA) is 105 Å². The van der Waals surface area contributed by atoms with Gasteiger partial charge in [-0.25, -0.2) is 8.42 Å². The Bertz CT molecular complexity index is 1760. The zero-order valence-electron chi connectivity index (χ0n) is 27.8. The van der Waals surface area contributed by atoms with Crippen LogP contribution in [0.4, 0.5) is 5.69 Å². The van der Waals surface area contributed by atoms with E-state index in [1.54, 1.807) is 24.3 Å². The van der Waals surface area contributed by atoms with Crippen LogP contribution in [0.2, 0.25) is 0 Å². The van der Waals surface area contributed by atoms with E-state index in [4.69, 9.17) is 9.47 Å². The summed E-state index contributed by atoms with van der Waals surface area (Å²) in [4.78, 5) is 30.0. The van der Waals surface area contributed by atoms with Gasteiger partial charge in [-0.05, 0) is 63.1 Å². The summed E-state index contributed by atoms with van der Waals surface area (Å²) in [7, 11) is -1.42. The van der Waals surface area contributed by atoms with E-state index in [1.807, 2.05) is 88.4 Å². The fourth-order valence-electron chi connectivity index (χ4n) is 5.13. The van der Waals surface area contributed by atoms with Gasteiger partial charge in [-0.3, -0.25) is 13.9 Å². The van der Waals surface area contributed by atoms with Crippen molar-refractivity contribution in [3.05, 3.63) is 120 Å². The van der Waals surface area contributed by atoms with Crippen molar-refractivity contribution in [2.45, 2.75) is 57.1 Å². The lowest BCUT2D eigenvalue weighted by atomic mass is 10.0. The van der Waals surface area contributed by atoms with Gasteiger partial charge in [-0.1, -0.05) is 78.4 Å². The van der Waals surface area contributed by atoms with Crippen LogP contribution in [0.1, 0.15) is 37.5 Å². The van der Waals surface area contributed by atoms with Crippen LogP contribution >= 0.6 is 0 Å². The van der Waals surface area contributed by atoms with Gasteiger partial charge in [0.05, 0.1) is 24.8 Å². The maximum atomic E-state index is 14.6. The third-order valence-corrected chi connectivity index (χ3v) is 9.28. The van der Waals surface area contributed by atoms with Gasteiger partial charge in [0, 0.05) is 24.6 Å². The molecule has 0 radical (unpaired) electrons. The Labute approximate surface area is 278 Å². The van der Waals surface area contributed by atoms with Gasteiger partial charge in [-0.2, -0.15) is 0 Å². The summed E-state index contributed by atoms with van der Waals surface area (Å²) in [6.45, 7) is 7.06. The van der Waals surface area contributed by atoms with Gasteiger partial charge in [0.15, 0.2) is 11.5 Å². The Morgan fingerprint density at radius 3 is 1.91 bits per heavy atom. The zero-order valence-corrected chi connectivity index (χ0v) is 28.6. The van der Waals surface area contributed by atoms with Crippen LogP contribution < -0.4 is 19.1 Å². The molecule has 248 valence electrons. The van der Waals surface area contributed by atoms with E-state index in [2.05, 4.69) is 5.32 Å². The van der Waals surface area contributed by atoms with Gasteiger partial charge in [0.25, 0.3) is 10.0 Å². The van der Waals surface area contributed by atoms with E-state index in [0.29, 0.717) is 11.4 Å². The fraction of sp³-hybridized carbons (Fsp3) is 0.297. The van der Waals surface area contributed by atoms with Crippen LogP contribution in [0.3, 0.4) is 0 Å². The van der Waals surface area contributed by atoms with Crippen molar-refractivity contribution < 1.29 is 27.5 Å². The number of methoxy groups -OCH3 is 2. The molecular formula is C37H43N3O6S. The molecule has 1 N–H and O–H groups in total. The van der Waals surface area contributed by atoms with E-state index in [1.165, 1.54) is 37.3 Å². The van der Waals surface area contributed by atoms with Gasteiger partial charge in [0.2, 0.25) is 11.8 Å². The maximum Gasteiger partial charge on any atom is 0.264 e. The van der Waals surface area contributed by atoms with Crippen molar-refractivity contribution in [2.24, 2.45) is 0 Å². The molecule has 1 atom stereocenters. The number of ether oxygens (including phenoxy) is 2. The predicted octanol–water partition coefficient (Wildman–Crippen LogP) is 5.76. The Kier molecular flexibility index (Phi) is 11.3. The fourth-order valence-corrected chi connectivity index (χ4v) is 6.56. The first-order valence-electron chi connectivity index (χ1n) is 15.3. The van der Waals surface area contributed by atoms with E-state index in [9.17, 15) is 18.0 Å². The molecule has 0 aliphatic rings. The number of carbonyl (C=O) groups is 2. The number of anilines is 1. The average Bonchev–Trinajstić information content (AvgIpc) is 3.05. The average molecular weight is 658 g/mol. The van der Waals surface area contributed by atoms with Crippen molar-refractivity contribution in [1.29, 1.82) is 0 Å². The molecule has 2 amide bonds. The highest BCUT2D eigenvalue weighted by Crippen LogP contribution is 2.32. The van der Waals surface area contributed by atoms with Crippen molar-refractivity contribution in [2.75, 3.05) is 25.1 Å². The summed E-state index contributed by atoms with van der Waals surface area (Å²) in [5.41, 5.74) is 2.32. The van der Waals surface area contributed by atoms with Crippen LogP contribution in [0.25, 0.3) is 0 Å². The molecule has 4 aromatic carbocycles. The summed E-state index contributed by atoms with van der Waals surface area (Å²) in [5, 5.41) is 3.04. The molecule has 0 heterocycles. The highest BCUT2D eigenvalue weighted by Gasteiger charge is 2.36. The number of nitrogens with zero attached hydrogens (tertiary/aromatic N) is 2. The number of sulfonamides is 1. The first-order valence-corrected chi connectivity index (χ1v) is 16.8. The summed E-state index contributed by atoms with van der Waals surface area (Å²) in [5.74, 6) is -0.276. The molecule has 0 aromatic heterocycles. The molecule has 0 aliphatic heterocycles. The van der Waals surface area contributed by atoms with Crippen LogP contribution in [0, 0.1) is 6.92 Å². The standard InChI is InChI=1S/C37H43N3O6S/c1-27-17-19-30(20-18-27)40(47(43,44)31-21-22-33(45-5)34(24-31)46-6)26-35(41)39(25-29-15-11-8-12-16-29)32(36(42)38-37(2,3)4)23-28-13-9-7-10-14-28/h7-22,24,32H,23,25-26H2,1-6H3,(H,38,42)/t32-/m1/s1. The van der Waals surface area contributed by atoms with E-state index < -0.39 is 34.1 Å². The molecule has 47 heavy (non-hydrogen) atoms. The molecule has 10 heteroatoms. The lowest BCUT2D eigenvalue weighted by molar-refractivity contribution is -0.140. The largest absolute Gasteiger partial charge is 0.493 e. The minimum atomic E-state index is -4.31. The highest BCUT2D eigenvalue weighted by molar-refractivity contribution is 7.92. The third kappa shape index (κ3) is 9.13. The number of carbonyl (C=O) groups excluding carboxylic acids is 2.